The Balaban J connectivity index is 1.50. The van der Waals surface area contributed by atoms with E-state index in [-0.39, 0.29) is 12.3 Å². The average Bonchev–Trinajstić information content (AvgIpc) is 3.41. The minimum atomic E-state index is -0.126. The summed E-state index contributed by atoms with van der Waals surface area (Å²) < 4.78 is 1.85. The number of rotatable bonds is 6. The summed E-state index contributed by atoms with van der Waals surface area (Å²) in [4.78, 5) is 13.2. The number of carbonyl (C=O) groups is 1. The zero-order chi connectivity index (χ0) is 18.8. The molecule has 0 radical (unpaired) electrons. The highest BCUT2D eigenvalue weighted by Crippen LogP contribution is 2.39. The first-order chi connectivity index (χ1) is 13.1. The van der Waals surface area contributed by atoms with E-state index in [2.05, 4.69) is 16.5 Å². The SMILES string of the molecule is NSc1cc(NC(=O)Cc2ccccc2Cl)ccc1-n1ccc(C2CC2)n1. The fourth-order valence-electron chi connectivity index (χ4n) is 2.96. The first-order valence-electron chi connectivity index (χ1n) is 8.74. The molecule has 0 aliphatic heterocycles. The molecule has 0 saturated heterocycles. The molecule has 0 spiro atoms. The van der Waals surface area contributed by atoms with Gasteiger partial charge in [0.25, 0.3) is 0 Å². The molecule has 27 heavy (non-hydrogen) atoms. The van der Waals surface area contributed by atoms with Crippen LogP contribution in [0.25, 0.3) is 5.69 Å². The summed E-state index contributed by atoms with van der Waals surface area (Å²) in [5, 5.41) is 14.0. The van der Waals surface area contributed by atoms with E-state index >= 15 is 0 Å². The number of nitrogens with two attached hydrogens (primary N) is 1. The van der Waals surface area contributed by atoms with E-state index in [1.165, 1.54) is 12.8 Å². The maximum Gasteiger partial charge on any atom is 0.228 e. The van der Waals surface area contributed by atoms with Crippen molar-refractivity contribution >= 4 is 35.1 Å². The van der Waals surface area contributed by atoms with E-state index in [4.69, 9.17) is 16.7 Å². The van der Waals surface area contributed by atoms with Gasteiger partial charge in [-0.25, -0.2) is 4.68 Å². The number of benzene rings is 2. The lowest BCUT2D eigenvalue weighted by Gasteiger charge is -2.11. The standard InChI is InChI=1S/C20H19ClN4OS/c21-16-4-2-1-3-14(16)11-20(26)23-15-7-8-18(19(12-15)27-22)25-10-9-17(24-25)13-5-6-13/h1-4,7-10,12-13H,5-6,11,22H2,(H,23,26). The van der Waals surface area contributed by atoms with Crippen LogP contribution in [0.15, 0.2) is 59.6 Å². The molecule has 1 amide bonds. The van der Waals surface area contributed by atoms with Crippen LogP contribution in [0.3, 0.4) is 0 Å². The van der Waals surface area contributed by atoms with Gasteiger partial charge < -0.3 is 5.32 Å². The van der Waals surface area contributed by atoms with E-state index in [9.17, 15) is 4.79 Å². The van der Waals surface area contributed by atoms with Crippen molar-refractivity contribution in [3.05, 3.63) is 71.0 Å². The van der Waals surface area contributed by atoms with E-state index in [0.717, 1.165) is 33.8 Å². The molecule has 5 nitrogen and oxygen atoms in total. The highest BCUT2D eigenvalue weighted by Gasteiger charge is 2.26. The topological polar surface area (TPSA) is 72.9 Å². The highest BCUT2D eigenvalue weighted by molar-refractivity contribution is 7.97. The van der Waals surface area contributed by atoms with Crippen LogP contribution >= 0.6 is 23.5 Å². The Morgan fingerprint density at radius 3 is 2.81 bits per heavy atom. The number of carbonyl (C=O) groups excluding carboxylic acids is 1. The van der Waals surface area contributed by atoms with Crippen molar-refractivity contribution in [3.8, 4) is 5.69 Å². The van der Waals surface area contributed by atoms with Crippen molar-refractivity contribution in [3.63, 3.8) is 0 Å². The predicted octanol–water partition coefficient (Wildman–Crippen LogP) is 4.55. The molecule has 2 aromatic carbocycles. The van der Waals surface area contributed by atoms with Crippen molar-refractivity contribution in [1.82, 2.24) is 9.78 Å². The summed E-state index contributed by atoms with van der Waals surface area (Å²) in [6.07, 6.45) is 4.60. The van der Waals surface area contributed by atoms with E-state index in [0.29, 0.717) is 16.6 Å². The highest BCUT2D eigenvalue weighted by atomic mass is 35.5. The lowest BCUT2D eigenvalue weighted by Crippen LogP contribution is -2.15. The minimum absolute atomic E-state index is 0.126. The van der Waals surface area contributed by atoms with Crippen LogP contribution in [-0.2, 0) is 11.2 Å². The zero-order valence-corrected chi connectivity index (χ0v) is 16.1. The van der Waals surface area contributed by atoms with E-state index in [1.807, 2.05) is 47.3 Å². The molecule has 4 rings (SSSR count). The fourth-order valence-corrected chi connectivity index (χ4v) is 3.64. The molecule has 1 aliphatic rings. The maximum absolute atomic E-state index is 12.3. The van der Waals surface area contributed by atoms with Gasteiger partial charge in [-0.05, 0) is 60.7 Å². The molecule has 3 N–H and O–H groups in total. The molecule has 138 valence electrons. The fraction of sp³-hybridized carbons (Fsp3) is 0.200. The molecule has 0 unspecified atom stereocenters. The van der Waals surface area contributed by atoms with Gasteiger partial charge >= 0.3 is 0 Å². The zero-order valence-electron chi connectivity index (χ0n) is 14.6. The summed E-state index contributed by atoms with van der Waals surface area (Å²) in [5.74, 6) is 0.475. The second kappa shape index (κ2) is 7.76. The number of amides is 1. The van der Waals surface area contributed by atoms with Gasteiger partial charge in [0, 0.05) is 22.8 Å². The van der Waals surface area contributed by atoms with Crippen LogP contribution in [0.2, 0.25) is 5.02 Å². The molecule has 3 aromatic rings. The third-order valence-electron chi connectivity index (χ3n) is 4.53. The first-order valence-corrected chi connectivity index (χ1v) is 10.00. The summed E-state index contributed by atoms with van der Waals surface area (Å²) in [5.41, 5.74) is 3.52. The monoisotopic (exact) mass is 398 g/mol. The number of aromatic nitrogens is 2. The molecule has 1 heterocycles. The van der Waals surface area contributed by atoms with Gasteiger partial charge in [0.15, 0.2) is 0 Å². The van der Waals surface area contributed by atoms with Crippen molar-refractivity contribution < 1.29 is 4.79 Å². The van der Waals surface area contributed by atoms with Crippen molar-refractivity contribution in [2.75, 3.05) is 5.32 Å². The molecule has 1 fully saturated rings. The van der Waals surface area contributed by atoms with Crippen LogP contribution in [0, 0.1) is 0 Å². The van der Waals surface area contributed by atoms with E-state index < -0.39 is 0 Å². The maximum atomic E-state index is 12.3. The predicted molar refractivity (Wildman–Crippen MR) is 109 cm³/mol. The molecule has 1 aliphatic carbocycles. The van der Waals surface area contributed by atoms with Gasteiger partial charge in [-0.15, -0.1) is 0 Å². The van der Waals surface area contributed by atoms with Crippen LogP contribution in [0.5, 0.6) is 0 Å². The number of nitrogens with zero attached hydrogens (tertiary/aromatic N) is 2. The van der Waals surface area contributed by atoms with Gasteiger partial charge in [0.1, 0.15) is 0 Å². The Bertz CT molecular complexity index is 984. The molecule has 0 atom stereocenters. The Labute approximate surface area is 167 Å². The van der Waals surface area contributed by atoms with Crippen molar-refractivity contribution in [2.24, 2.45) is 5.14 Å². The molecule has 1 aromatic heterocycles. The molecular weight excluding hydrogens is 380 g/mol. The third kappa shape index (κ3) is 4.18. The Kier molecular flexibility index (Phi) is 5.20. The van der Waals surface area contributed by atoms with Crippen LogP contribution in [0.4, 0.5) is 5.69 Å². The minimum Gasteiger partial charge on any atom is -0.326 e. The Morgan fingerprint density at radius 2 is 2.07 bits per heavy atom. The van der Waals surface area contributed by atoms with Gasteiger partial charge in [-0.3, -0.25) is 9.93 Å². The third-order valence-corrected chi connectivity index (χ3v) is 5.48. The average molecular weight is 399 g/mol. The summed E-state index contributed by atoms with van der Waals surface area (Å²) in [7, 11) is 0. The van der Waals surface area contributed by atoms with E-state index in [1.54, 1.807) is 6.07 Å². The summed E-state index contributed by atoms with van der Waals surface area (Å²) in [6.45, 7) is 0. The van der Waals surface area contributed by atoms with Crippen molar-refractivity contribution in [1.29, 1.82) is 0 Å². The van der Waals surface area contributed by atoms with Gasteiger partial charge in [-0.2, -0.15) is 5.10 Å². The van der Waals surface area contributed by atoms with Crippen LogP contribution < -0.4 is 10.5 Å². The number of anilines is 1. The van der Waals surface area contributed by atoms with Gasteiger partial charge in [0.2, 0.25) is 5.91 Å². The largest absolute Gasteiger partial charge is 0.326 e. The second-order valence-electron chi connectivity index (χ2n) is 6.58. The number of hydrogen-bond acceptors (Lipinski definition) is 4. The van der Waals surface area contributed by atoms with Gasteiger partial charge in [0.05, 0.1) is 22.7 Å². The second-order valence-corrected chi connectivity index (χ2v) is 7.66. The van der Waals surface area contributed by atoms with Gasteiger partial charge in [-0.1, -0.05) is 29.8 Å². The van der Waals surface area contributed by atoms with Crippen molar-refractivity contribution in [2.45, 2.75) is 30.1 Å². The van der Waals surface area contributed by atoms with Crippen LogP contribution in [0.1, 0.15) is 30.0 Å². The summed E-state index contributed by atoms with van der Waals surface area (Å²) >= 11 is 7.26. The quantitative estimate of drug-likeness (QED) is 0.597. The normalized spacial score (nSPS) is 13.6. The number of hydrogen-bond donors (Lipinski definition) is 2. The Morgan fingerprint density at radius 1 is 1.26 bits per heavy atom. The lowest BCUT2D eigenvalue weighted by molar-refractivity contribution is -0.115. The van der Waals surface area contributed by atoms with Crippen LogP contribution in [-0.4, -0.2) is 15.7 Å². The summed E-state index contributed by atoms with van der Waals surface area (Å²) in [6, 6.07) is 15.0. The first kappa shape index (κ1) is 18.1. The number of halogens is 1. The Hall–Kier alpha value is -2.28. The smallest absolute Gasteiger partial charge is 0.228 e. The molecule has 1 saturated carbocycles. The molecule has 0 bridgehead atoms. The number of nitrogens with one attached hydrogen (secondary N) is 1. The molecule has 7 heteroatoms. The lowest BCUT2D eigenvalue weighted by atomic mass is 10.1. The molecular formula is C20H19ClN4OS.